The highest BCUT2D eigenvalue weighted by atomic mass is 32.1. The fourth-order valence-electron chi connectivity index (χ4n) is 1.05. The standard InChI is InChI=1S/C9H11NS/c1-3-7-5-4-6-8(11)9(7)10-2/h4-6,11H,2-3H2,1H3. The van der Waals surface area contributed by atoms with Crippen LogP contribution in [0, 0.1) is 0 Å². The number of hydrogen-bond donors (Lipinski definition) is 1. The number of aliphatic imine (C=N–C) groups is 1. The second kappa shape index (κ2) is 3.58. The van der Waals surface area contributed by atoms with Gasteiger partial charge < -0.3 is 0 Å². The van der Waals surface area contributed by atoms with Crippen molar-refractivity contribution in [3.63, 3.8) is 0 Å². The van der Waals surface area contributed by atoms with Crippen LogP contribution in [-0.4, -0.2) is 6.72 Å². The van der Waals surface area contributed by atoms with E-state index in [1.54, 1.807) is 0 Å². The Bertz CT molecular complexity index is 268. The van der Waals surface area contributed by atoms with E-state index in [2.05, 4.69) is 31.3 Å². The first-order chi connectivity index (χ1) is 5.29. The highest BCUT2D eigenvalue weighted by Crippen LogP contribution is 2.26. The Morgan fingerprint density at radius 1 is 1.55 bits per heavy atom. The molecule has 0 amide bonds. The van der Waals surface area contributed by atoms with Gasteiger partial charge in [-0.05, 0) is 24.8 Å². The van der Waals surface area contributed by atoms with E-state index < -0.39 is 0 Å². The minimum Gasteiger partial charge on any atom is -0.263 e. The molecule has 0 saturated carbocycles. The molecule has 0 aromatic heterocycles. The Morgan fingerprint density at radius 3 is 2.73 bits per heavy atom. The summed E-state index contributed by atoms with van der Waals surface area (Å²) in [5.74, 6) is 0. The van der Waals surface area contributed by atoms with Crippen LogP contribution in [-0.2, 0) is 6.42 Å². The molecule has 0 atom stereocenters. The molecule has 2 heteroatoms. The Morgan fingerprint density at radius 2 is 2.27 bits per heavy atom. The fourth-order valence-corrected chi connectivity index (χ4v) is 1.35. The molecule has 0 heterocycles. The summed E-state index contributed by atoms with van der Waals surface area (Å²) in [4.78, 5) is 4.82. The Balaban J connectivity index is 3.24. The molecular weight excluding hydrogens is 154 g/mol. The summed E-state index contributed by atoms with van der Waals surface area (Å²) in [6.07, 6.45) is 0.975. The monoisotopic (exact) mass is 165 g/mol. The molecule has 0 radical (unpaired) electrons. The molecule has 0 fully saturated rings. The van der Waals surface area contributed by atoms with Gasteiger partial charge in [0.25, 0.3) is 0 Å². The number of rotatable bonds is 2. The first-order valence-electron chi connectivity index (χ1n) is 3.57. The molecule has 0 saturated heterocycles. The molecule has 0 N–H and O–H groups in total. The van der Waals surface area contributed by atoms with Gasteiger partial charge in [-0.2, -0.15) is 0 Å². The average Bonchev–Trinajstić information content (AvgIpc) is 2.04. The summed E-state index contributed by atoms with van der Waals surface area (Å²) in [5.41, 5.74) is 2.12. The van der Waals surface area contributed by atoms with E-state index in [1.165, 1.54) is 5.56 Å². The zero-order valence-corrected chi connectivity index (χ0v) is 7.44. The van der Waals surface area contributed by atoms with Crippen LogP contribution in [0.1, 0.15) is 12.5 Å². The summed E-state index contributed by atoms with van der Waals surface area (Å²) in [6, 6.07) is 5.95. The van der Waals surface area contributed by atoms with Crippen molar-refractivity contribution in [2.75, 3.05) is 0 Å². The van der Waals surface area contributed by atoms with Crippen LogP contribution in [0.15, 0.2) is 28.1 Å². The summed E-state index contributed by atoms with van der Waals surface area (Å²) in [7, 11) is 0. The zero-order valence-electron chi connectivity index (χ0n) is 6.54. The summed E-state index contributed by atoms with van der Waals surface area (Å²) < 4.78 is 0. The van der Waals surface area contributed by atoms with Gasteiger partial charge in [0.1, 0.15) is 0 Å². The van der Waals surface area contributed by atoms with Gasteiger partial charge in [0.15, 0.2) is 0 Å². The van der Waals surface area contributed by atoms with E-state index in [9.17, 15) is 0 Å². The normalized spacial score (nSPS) is 9.64. The van der Waals surface area contributed by atoms with Crippen LogP contribution < -0.4 is 0 Å². The third kappa shape index (κ3) is 1.63. The lowest BCUT2D eigenvalue weighted by atomic mass is 10.1. The fraction of sp³-hybridized carbons (Fsp3) is 0.222. The number of benzene rings is 1. The molecule has 1 aromatic rings. The van der Waals surface area contributed by atoms with E-state index in [0.29, 0.717) is 0 Å². The molecule has 58 valence electrons. The van der Waals surface area contributed by atoms with Gasteiger partial charge >= 0.3 is 0 Å². The maximum atomic E-state index is 4.27. The minimum absolute atomic E-state index is 0.902. The van der Waals surface area contributed by atoms with Crippen molar-refractivity contribution in [3.05, 3.63) is 23.8 Å². The van der Waals surface area contributed by atoms with Gasteiger partial charge in [0.05, 0.1) is 5.69 Å². The first kappa shape index (κ1) is 8.34. The smallest absolute Gasteiger partial charge is 0.0787 e. The summed E-state index contributed by atoms with van der Waals surface area (Å²) >= 11 is 4.27. The minimum atomic E-state index is 0.902. The molecule has 0 aliphatic carbocycles. The molecule has 0 aliphatic heterocycles. The summed E-state index contributed by atoms with van der Waals surface area (Å²) in [6.45, 7) is 5.60. The van der Waals surface area contributed by atoms with Crippen molar-refractivity contribution < 1.29 is 0 Å². The van der Waals surface area contributed by atoms with E-state index in [4.69, 9.17) is 0 Å². The molecule has 1 nitrogen and oxygen atoms in total. The molecule has 1 aromatic carbocycles. The highest BCUT2D eigenvalue weighted by molar-refractivity contribution is 7.80. The second-order valence-electron chi connectivity index (χ2n) is 2.30. The molecule has 0 bridgehead atoms. The largest absolute Gasteiger partial charge is 0.263 e. The van der Waals surface area contributed by atoms with Crippen molar-refractivity contribution in [2.45, 2.75) is 18.2 Å². The van der Waals surface area contributed by atoms with Gasteiger partial charge in [0.2, 0.25) is 0 Å². The maximum absolute atomic E-state index is 4.27. The van der Waals surface area contributed by atoms with Crippen LogP contribution >= 0.6 is 12.6 Å². The van der Waals surface area contributed by atoms with Crippen molar-refractivity contribution in [1.29, 1.82) is 0 Å². The van der Waals surface area contributed by atoms with Crippen LogP contribution in [0.3, 0.4) is 0 Å². The predicted octanol–water partition coefficient (Wildman–Crippen LogP) is 2.87. The molecule has 0 unspecified atom stereocenters. The van der Waals surface area contributed by atoms with Gasteiger partial charge in [-0.3, -0.25) is 4.99 Å². The second-order valence-corrected chi connectivity index (χ2v) is 2.78. The van der Waals surface area contributed by atoms with E-state index in [1.807, 2.05) is 18.2 Å². The van der Waals surface area contributed by atoms with Gasteiger partial charge in [-0.25, -0.2) is 0 Å². The van der Waals surface area contributed by atoms with Crippen molar-refractivity contribution in [3.8, 4) is 0 Å². The Kier molecular flexibility index (Phi) is 2.71. The summed E-state index contributed by atoms with van der Waals surface area (Å²) in [5, 5.41) is 0. The van der Waals surface area contributed by atoms with Crippen LogP contribution in [0.4, 0.5) is 5.69 Å². The number of nitrogens with zero attached hydrogens (tertiary/aromatic N) is 1. The SMILES string of the molecule is C=Nc1c(S)cccc1CC. The highest BCUT2D eigenvalue weighted by Gasteiger charge is 2.00. The van der Waals surface area contributed by atoms with Gasteiger partial charge in [-0.15, -0.1) is 12.6 Å². The van der Waals surface area contributed by atoms with Crippen molar-refractivity contribution in [2.24, 2.45) is 4.99 Å². The van der Waals surface area contributed by atoms with Crippen molar-refractivity contribution >= 4 is 25.0 Å². The third-order valence-electron chi connectivity index (χ3n) is 1.64. The van der Waals surface area contributed by atoms with E-state index in [-0.39, 0.29) is 0 Å². The molecular formula is C9H11NS. The zero-order chi connectivity index (χ0) is 8.27. The van der Waals surface area contributed by atoms with E-state index in [0.717, 1.165) is 17.0 Å². The topological polar surface area (TPSA) is 12.4 Å². The number of thiol groups is 1. The van der Waals surface area contributed by atoms with Crippen LogP contribution in [0.5, 0.6) is 0 Å². The maximum Gasteiger partial charge on any atom is 0.0787 e. The number of hydrogen-bond acceptors (Lipinski definition) is 2. The lowest BCUT2D eigenvalue weighted by Gasteiger charge is -2.03. The first-order valence-corrected chi connectivity index (χ1v) is 4.02. The third-order valence-corrected chi connectivity index (χ3v) is 2.00. The number of aryl methyl sites for hydroxylation is 1. The van der Waals surface area contributed by atoms with Gasteiger partial charge in [0, 0.05) is 4.90 Å². The van der Waals surface area contributed by atoms with Crippen LogP contribution in [0.2, 0.25) is 0 Å². The number of para-hydroxylation sites is 1. The Hall–Kier alpha value is -0.760. The Labute approximate surface area is 72.6 Å². The average molecular weight is 165 g/mol. The van der Waals surface area contributed by atoms with E-state index >= 15 is 0 Å². The molecule has 1 rings (SSSR count). The molecule has 0 spiro atoms. The lowest BCUT2D eigenvalue weighted by Crippen LogP contribution is -1.81. The van der Waals surface area contributed by atoms with Crippen molar-refractivity contribution in [1.82, 2.24) is 0 Å². The molecule has 0 aliphatic rings. The molecule has 11 heavy (non-hydrogen) atoms. The van der Waals surface area contributed by atoms with Crippen LogP contribution in [0.25, 0.3) is 0 Å². The predicted molar refractivity (Wildman–Crippen MR) is 52.3 cm³/mol. The quantitative estimate of drug-likeness (QED) is 0.511. The van der Waals surface area contributed by atoms with Gasteiger partial charge in [-0.1, -0.05) is 19.1 Å². The lowest BCUT2D eigenvalue weighted by molar-refractivity contribution is 1.12.